The van der Waals surface area contributed by atoms with Gasteiger partial charge in [0.25, 0.3) is 0 Å². The average Bonchev–Trinajstić information content (AvgIpc) is 3.28. The highest BCUT2D eigenvalue weighted by Crippen LogP contribution is 2.28. The maximum Gasteiger partial charge on any atom is 0.157 e. The molecule has 0 bridgehead atoms. The first-order valence-corrected chi connectivity index (χ1v) is 8.42. The topological polar surface area (TPSA) is 24.6 Å². The largest absolute Gasteiger partial charge is 0.462 e. The number of nitrogens with zero attached hydrogens (tertiary/aromatic N) is 3. The van der Waals surface area contributed by atoms with Crippen LogP contribution in [0, 0.1) is 0 Å². The smallest absolute Gasteiger partial charge is 0.157 e. The fourth-order valence-electron chi connectivity index (χ4n) is 3.63. The van der Waals surface area contributed by atoms with Crippen LogP contribution in [0.4, 0.5) is 5.69 Å². The Kier molecular flexibility index (Phi) is 3.01. The lowest BCUT2D eigenvalue weighted by Crippen LogP contribution is -2.50. The summed E-state index contributed by atoms with van der Waals surface area (Å²) in [4.78, 5) is 2.42. The first kappa shape index (κ1) is 13.5. The number of para-hydroxylation sites is 1. The minimum Gasteiger partial charge on any atom is -0.462 e. The van der Waals surface area contributed by atoms with E-state index in [4.69, 9.17) is 4.42 Å². The van der Waals surface area contributed by atoms with Gasteiger partial charge in [0.1, 0.15) is 0 Å². The normalized spacial score (nSPS) is 15.5. The van der Waals surface area contributed by atoms with Crippen molar-refractivity contribution in [3.05, 3.63) is 67.2 Å². The molecule has 2 aromatic heterocycles. The monoisotopic (exact) mass is 317 g/mol. The Balaban J connectivity index is 1.38. The number of hydrogen-bond donors (Lipinski definition) is 0. The van der Waals surface area contributed by atoms with Crippen LogP contribution in [-0.2, 0) is 0 Å². The molecule has 2 aromatic carbocycles. The van der Waals surface area contributed by atoms with Crippen molar-refractivity contribution in [1.29, 1.82) is 0 Å². The fraction of sp³-hybridized carbons (Fsp3) is 0.200. The Hall–Kier alpha value is -2.88. The van der Waals surface area contributed by atoms with Crippen molar-refractivity contribution >= 4 is 27.4 Å². The van der Waals surface area contributed by atoms with Gasteiger partial charge in [-0.2, -0.15) is 0 Å². The molecule has 3 heterocycles. The second-order valence-corrected chi connectivity index (χ2v) is 6.32. The van der Waals surface area contributed by atoms with Gasteiger partial charge in [-0.1, -0.05) is 36.4 Å². The Bertz CT molecular complexity index is 959. The van der Waals surface area contributed by atoms with Crippen molar-refractivity contribution in [3.8, 4) is 0 Å². The molecule has 0 spiro atoms. The SMILES string of the molecule is c1ccc2cn(N3CCN(c4cccc5ccoc45)CC3)cc2c1. The van der Waals surface area contributed by atoms with Crippen LogP contribution in [-0.4, -0.2) is 30.9 Å². The second kappa shape index (κ2) is 5.34. The lowest BCUT2D eigenvalue weighted by molar-refractivity contribution is 0.528. The van der Waals surface area contributed by atoms with Gasteiger partial charge in [0, 0.05) is 41.6 Å². The fourth-order valence-corrected chi connectivity index (χ4v) is 3.63. The molecule has 120 valence electrons. The van der Waals surface area contributed by atoms with E-state index in [1.807, 2.05) is 6.07 Å². The number of piperazine rings is 1. The Morgan fingerprint density at radius 3 is 2.17 bits per heavy atom. The molecule has 24 heavy (non-hydrogen) atoms. The number of hydrogen-bond acceptors (Lipinski definition) is 3. The van der Waals surface area contributed by atoms with Crippen molar-refractivity contribution < 1.29 is 4.42 Å². The quantitative estimate of drug-likeness (QED) is 0.561. The molecule has 0 saturated carbocycles. The molecule has 4 aromatic rings. The van der Waals surface area contributed by atoms with Crippen molar-refractivity contribution in [2.75, 3.05) is 36.1 Å². The molecule has 4 heteroatoms. The molecule has 1 aliphatic heterocycles. The van der Waals surface area contributed by atoms with E-state index in [-0.39, 0.29) is 0 Å². The van der Waals surface area contributed by atoms with Crippen LogP contribution in [0.1, 0.15) is 0 Å². The second-order valence-electron chi connectivity index (χ2n) is 6.32. The molecule has 0 unspecified atom stereocenters. The van der Waals surface area contributed by atoms with E-state index in [1.165, 1.54) is 21.8 Å². The molecule has 0 radical (unpaired) electrons. The zero-order valence-electron chi connectivity index (χ0n) is 13.4. The van der Waals surface area contributed by atoms with Crippen LogP contribution in [0.25, 0.3) is 21.7 Å². The van der Waals surface area contributed by atoms with Crippen LogP contribution < -0.4 is 9.91 Å². The van der Waals surface area contributed by atoms with Gasteiger partial charge < -0.3 is 14.3 Å². The number of furan rings is 1. The summed E-state index contributed by atoms with van der Waals surface area (Å²) in [6, 6.07) is 16.9. The summed E-state index contributed by atoms with van der Waals surface area (Å²) >= 11 is 0. The van der Waals surface area contributed by atoms with Gasteiger partial charge >= 0.3 is 0 Å². The standard InChI is InChI=1S/C20H19N3O/c1-2-5-18-15-23(14-17(18)4-1)22-11-9-21(10-12-22)19-7-3-6-16-8-13-24-20(16)19/h1-8,13-15H,9-12H2. The number of fused-ring (bicyclic) bond motifs is 2. The maximum absolute atomic E-state index is 5.69. The molecule has 4 nitrogen and oxygen atoms in total. The highest BCUT2D eigenvalue weighted by atomic mass is 16.3. The van der Waals surface area contributed by atoms with Crippen LogP contribution in [0.3, 0.4) is 0 Å². The number of aromatic nitrogens is 1. The highest BCUT2D eigenvalue weighted by Gasteiger charge is 2.20. The molecular formula is C20H19N3O. The third-order valence-corrected chi connectivity index (χ3v) is 4.92. The molecule has 1 fully saturated rings. The van der Waals surface area contributed by atoms with Gasteiger partial charge in [-0.3, -0.25) is 4.68 Å². The van der Waals surface area contributed by atoms with Crippen molar-refractivity contribution in [2.24, 2.45) is 0 Å². The van der Waals surface area contributed by atoms with E-state index < -0.39 is 0 Å². The van der Waals surface area contributed by atoms with Crippen molar-refractivity contribution in [1.82, 2.24) is 4.68 Å². The van der Waals surface area contributed by atoms with Crippen molar-refractivity contribution in [3.63, 3.8) is 0 Å². The van der Waals surface area contributed by atoms with E-state index in [1.54, 1.807) is 6.26 Å². The molecule has 5 rings (SSSR count). The minimum atomic E-state index is 0.994. The molecule has 0 atom stereocenters. The molecule has 0 N–H and O–H groups in total. The molecule has 1 saturated heterocycles. The van der Waals surface area contributed by atoms with Crippen molar-refractivity contribution in [2.45, 2.75) is 0 Å². The first-order valence-electron chi connectivity index (χ1n) is 8.42. The summed E-state index contributed by atoms with van der Waals surface area (Å²) < 4.78 is 7.94. The summed E-state index contributed by atoms with van der Waals surface area (Å²) in [5.41, 5.74) is 2.20. The van der Waals surface area contributed by atoms with Gasteiger partial charge in [0.15, 0.2) is 5.58 Å². The van der Waals surface area contributed by atoms with Crippen LogP contribution >= 0.6 is 0 Å². The summed E-state index contributed by atoms with van der Waals surface area (Å²) in [6.07, 6.45) is 6.21. The van der Waals surface area contributed by atoms with Crippen LogP contribution in [0.5, 0.6) is 0 Å². The third-order valence-electron chi connectivity index (χ3n) is 4.92. The zero-order chi connectivity index (χ0) is 15.9. The highest BCUT2D eigenvalue weighted by molar-refractivity contribution is 5.89. The van der Waals surface area contributed by atoms with Gasteiger partial charge in [-0.15, -0.1) is 0 Å². The van der Waals surface area contributed by atoms with E-state index >= 15 is 0 Å². The van der Waals surface area contributed by atoms with Gasteiger partial charge in [-0.05, 0) is 12.1 Å². The lowest BCUT2D eigenvalue weighted by atomic mass is 10.2. The molecule has 1 aliphatic rings. The molecular weight excluding hydrogens is 298 g/mol. The predicted molar refractivity (Wildman–Crippen MR) is 98.3 cm³/mol. The summed E-state index contributed by atoms with van der Waals surface area (Å²) in [6.45, 7) is 3.98. The van der Waals surface area contributed by atoms with Crippen LogP contribution in [0.2, 0.25) is 0 Å². The molecule has 0 aliphatic carbocycles. The zero-order valence-corrected chi connectivity index (χ0v) is 13.4. The van der Waals surface area contributed by atoms with Crippen LogP contribution in [0.15, 0.2) is 71.6 Å². The van der Waals surface area contributed by atoms with Gasteiger partial charge in [-0.25, -0.2) is 0 Å². The molecule has 0 amide bonds. The minimum absolute atomic E-state index is 0.994. The predicted octanol–water partition coefficient (Wildman–Crippen LogP) is 3.85. The summed E-state index contributed by atoms with van der Waals surface area (Å²) in [7, 11) is 0. The Morgan fingerprint density at radius 2 is 1.42 bits per heavy atom. The summed E-state index contributed by atoms with van der Waals surface area (Å²) in [5, 5.41) is 6.16. The number of anilines is 1. The lowest BCUT2D eigenvalue weighted by Gasteiger charge is -2.37. The Labute approximate surface area is 140 Å². The van der Waals surface area contributed by atoms with E-state index in [0.717, 1.165) is 31.8 Å². The number of benzene rings is 2. The number of rotatable bonds is 2. The summed E-state index contributed by atoms with van der Waals surface area (Å²) in [5.74, 6) is 0. The third kappa shape index (κ3) is 2.14. The van der Waals surface area contributed by atoms with E-state index in [9.17, 15) is 0 Å². The van der Waals surface area contributed by atoms with E-state index in [2.05, 4.69) is 69.4 Å². The first-order chi connectivity index (χ1) is 11.9. The van der Waals surface area contributed by atoms with Gasteiger partial charge in [0.2, 0.25) is 0 Å². The van der Waals surface area contributed by atoms with Gasteiger partial charge in [0.05, 0.1) is 25.0 Å². The average molecular weight is 317 g/mol. The van der Waals surface area contributed by atoms with E-state index in [0.29, 0.717) is 0 Å². The maximum atomic E-state index is 5.69. The Morgan fingerprint density at radius 1 is 0.708 bits per heavy atom.